The Kier molecular flexibility index (Phi) is 3.13. The number of H-pyrrole nitrogens is 1. The van der Waals surface area contributed by atoms with Crippen molar-refractivity contribution < 1.29 is 9.90 Å². The van der Waals surface area contributed by atoms with Crippen molar-refractivity contribution in [1.29, 1.82) is 0 Å². The maximum absolute atomic E-state index is 10.6. The topological polar surface area (TPSA) is 66.0 Å². The Morgan fingerprint density at radius 2 is 2.46 bits per heavy atom. The van der Waals surface area contributed by atoms with Crippen molar-refractivity contribution in [3.63, 3.8) is 0 Å². The quantitative estimate of drug-likeness (QED) is 0.727. The summed E-state index contributed by atoms with van der Waals surface area (Å²) in [4.78, 5) is 17.3. The van der Waals surface area contributed by atoms with Crippen LogP contribution in [-0.4, -0.2) is 21.0 Å². The van der Waals surface area contributed by atoms with Crippen molar-refractivity contribution in [3.8, 4) is 0 Å². The van der Waals surface area contributed by atoms with Gasteiger partial charge in [0.25, 0.3) is 0 Å². The molecule has 0 aliphatic carbocycles. The lowest BCUT2D eigenvalue weighted by molar-refractivity contribution is 0.0690. The fourth-order valence-corrected chi connectivity index (χ4v) is 1.21. The zero-order valence-corrected chi connectivity index (χ0v) is 8.02. The zero-order valence-electron chi connectivity index (χ0n) is 7.20. The van der Waals surface area contributed by atoms with Crippen LogP contribution < -0.4 is 0 Å². The minimum absolute atomic E-state index is 0.100. The lowest BCUT2D eigenvalue weighted by Gasteiger charge is -2.00. The lowest BCUT2D eigenvalue weighted by Crippen LogP contribution is -2.05. The molecule has 4 nitrogen and oxygen atoms in total. The van der Waals surface area contributed by atoms with E-state index in [1.807, 2.05) is 6.92 Å². The van der Waals surface area contributed by atoms with Gasteiger partial charge in [-0.3, -0.25) is 0 Å². The number of hydrogen-bond donors (Lipinski definition) is 2. The van der Waals surface area contributed by atoms with Crippen LogP contribution in [0.4, 0.5) is 0 Å². The summed E-state index contributed by atoms with van der Waals surface area (Å²) in [6.07, 6.45) is 1.62. The molecule has 0 amide bonds. The molecule has 1 rings (SSSR count). The van der Waals surface area contributed by atoms with Crippen LogP contribution >= 0.6 is 12.2 Å². The van der Waals surface area contributed by atoms with E-state index < -0.39 is 5.97 Å². The number of nitrogens with zero attached hydrogens (tertiary/aromatic N) is 1. The van der Waals surface area contributed by atoms with Gasteiger partial charge in [0.15, 0.2) is 0 Å². The largest absolute Gasteiger partial charge is 0.477 e. The van der Waals surface area contributed by atoms with Gasteiger partial charge < -0.3 is 10.1 Å². The third-order valence-electron chi connectivity index (χ3n) is 1.51. The second kappa shape index (κ2) is 4.13. The molecule has 0 bridgehead atoms. The second-order valence-electron chi connectivity index (χ2n) is 2.63. The van der Waals surface area contributed by atoms with Gasteiger partial charge in [0.2, 0.25) is 0 Å². The summed E-state index contributed by atoms with van der Waals surface area (Å²) in [5.41, 5.74) is 0.100. The molecular formula is C8H10N2O2S. The Hall–Kier alpha value is -1.23. The minimum atomic E-state index is -1.01. The van der Waals surface area contributed by atoms with Crippen LogP contribution in [-0.2, 0) is 6.42 Å². The van der Waals surface area contributed by atoms with E-state index >= 15 is 0 Å². The fourth-order valence-electron chi connectivity index (χ4n) is 0.979. The SMILES string of the molecule is CCCc1nc(=S)cc(C(=O)O)[nH]1. The van der Waals surface area contributed by atoms with Crippen molar-refractivity contribution in [2.45, 2.75) is 19.8 Å². The first kappa shape index (κ1) is 9.85. The molecule has 1 aromatic rings. The van der Waals surface area contributed by atoms with Gasteiger partial charge in [0, 0.05) is 12.5 Å². The van der Waals surface area contributed by atoms with Crippen LogP contribution in [0.5, 0.6) is 0 Å². The summed E-state index contributed by atoms with van der Waals surface area (Å²) in [5, 5.41) is 8.70. The Balaban J connectivity index is 3.11. The highest BCUT2D eigenvalue weighted by Gasteiger charge is 2.04. The summed E-state index contributed by atoms with van der Waals surface area (Å²) >= 11 is 4.83. The Morgan fingerprint density at radius 1 is 1.77 bits per heavy atom. The summed E-state index contributed by atoms with van der Waals surface area (Å²) in [7, 11) is 0. The summed E-state index contributed by atoms with van der Waals surface area (Å²) < 4.78 is 0.319. The molecule has 0 aliphatic heterocycles. The van der Waals surface area contributed by atoms with Crippen molar-refractivity contribution in [1.82, 2.24) is 9.97 Å². The summed E-state index contributed by atoms with van der Waals surface area (Å²) in [5.74, 6) is -0.377. The van der Waals surface area contributed by atoms with E-state index in [2.05, 4.69) is 9.97 Å². The molecule has 2 N–H and O–H groups in total. The molecule has 0 fully saturated rings. The molecule has 13 heavy (non-hydrogen) atoms. The molecule has 0 atom stereocenters. The minimum Gasteiger partial charge on any atom is -0.477 e. The molecule has 0 radical (unpaired) electrons. The van der Waals surface area contributed by atoms with Gasteiger partial charge in [-0.15, -0.1) is 0 Å². The number of aromatic nitrogens is 2. The van der Waals surface area contributed by atoms with Crippen LogP contribution in [0.15, 0.2) is 6.07 Å². The molecule has 70 valence electrons. The number of aromatic carboxylic acids is 1. The third kappa shape index (κ3) is 2.62. The highest BCUT2D eigenvalue weighted by atomic mass is 32.1. The first-order valence-electron chi connectivity index (χ1n) is 3.97. The van der Waals surface area contributed by atoms with E-state index in [-0.39, 0.29) is 5.69 Å². The smallest absolute Gasteiger partial charge is 0.352 e. The molecule has 0 spiro atoms. The number of carboxylic acid groups (broad SMARTS) is 1. The molecule has 1 heterocycles. The third-order valence-corrected chi connectivity index (χ3v) is 1.72. The number of carboxylic acids is 1. The number of carbonyl (C=O) groups is 1. The van der Waals surface area contributed by atoms with Crippen LogP contribution in [0, 0.1) is 4.64 Å². The lowest BCUT2D eigenvalue weighted by atomic mass is 10.3. The van der Waals surface area contributed by atoms with Crippen LogP contribution in [0.25, 0.3) is 0 Å². The standard InChI is InChI=1S/C8H10N2O2S/c1-2-3-6-9-5(8(11)12)4-7(13)10-6/h4H,2-3H2,1H3,(H,11,12)(H,9,10,13). The van der Waals surface area contributed by atoms with E-state index in [0.29, 0.717) is 16.9 Å². The normalized spacial score (nSPS) is 9.92. The predicted molar refractivity (Wildman–Crippen MR) is 50.4 cm³/mol. The van der Waals surface area contributed by atoms with Gasteiger partial charge >= 0.3 is 5.97 Å². The van der Waals surface area contributed by atoms with Gasteiger partial charge in [-0.25, -0.2) is 9.78 Å². The molecule has 0 unspecified atom stereocenters. The average Bonchev–Trinajstić information content (AvgIpc) is 2.03. The number of hydrogen-bond acceptors (Lipinski definition) is 3. The van der Waals surface area contributed by atoms with E-state index in [1.54, 1.807) is 0 Å². The molecular weight excluding hydrogens is 188 g/mol. The maximum Gasteiger partial charge on any atom is 0.352 e. The van der Waals surface area contributed by atoms with Crippen molar-refractivity contribution >= 4 is 18.2 Å². The van der Waals surface area contributed by atoms with Crippen molar-refractivity contribution in [2.75, 3.05) is 0 Å². The number of aromatic amines is 1. The zero-order chi connectivity index (χ0) is 9.84. The number of aryl methyl sites for hydroxylation is 1. The monoisotopic (exact) mass is 198 g/mol. The van der Waals surface area contributed by atoms with E-state index in [1.165, 1.54) is 6.07 Å². The Labute approximate surface area is 80.6 Å². The molecule has 1 aromatic heterocycles. The molecule has 0 saturated heterocycles. The van der Waals surface area contributed by atoms with E-state index in [4.69, 9.17) is 17.3 Å². The molecule has 5 heteroatoms. The van der Waals surface area contributed by atoms with Crippen LogP contribution in [0.1, 0.15) is 29.7 Å². The highest BCUT2D eigenvalue weighted by Crippen LogP contribution is 2.00. The van der Waals surface area contributed by atoms with Gasteiger partial charge in [0.1, 0.15) is 16.2 Å². The van der Waals surface area contributed by atoms with E-state index in [9.17, 15) is 4.79 Å². The van der Waals surface area contributed by atoms with Crippen LogP contribution in [0.3, 0.4) is 0 Å². The highest BCUT2D eigenvalue weighted by molar-refractivity contribution is 7.71. The molecule has 0 saturated carbocycles. The van der Waals surface area contributed by atoms with Crippen molar-refractivity contribution in [3.05, 3.63) is 22.2 Å². The van der Waals surface area contributed by atoms with Crippen molar-refractivity contribution in [2.24, 2.45) is 0 Å². The van der Waals surface area contributed by atoms with Gasteiger partial charge in [0.05, 0.1) is 0 Å². The second-order valence-corrected chi connectivity index (χ2v) is 3.05. The number of nitrogens with one attached hydrogen (secondary N) is 1. The summed E-state index contributed by atoms with van der Waals surface area (Å²) in [6, 6.07) is 1.34. The summed E-state index contributed by atoms with van der Waals surface area (Å²) in [6.45, 7) is 1.99. The Bertz CT molecular complexity index is 373. The van der Waals surface area contributed by atoms with E-state index in [0.717, 1.165) is 6.42 Å². The van der Waals surface area contributed by atoms with Crippen LogP contribution in [0.2, 0.25) is 0 Å². The van der Waals surface area contributed by atoms with Gasteiger partial charge in [-0.1, -0.05) is 19.1 Å². The first-order chi connectivity index (χ1) is 6.13. The van der Waals surface area contributed by atoms with Gasteiger partial charge in [-0.05, 0) is 6.42 Å². The first-order valence-corrected chi connectivity index (χ1v) is 4.38. The number of rotatable bonds is 3. The molecule has 0 aromatic carbocycles. The Morgan fingerprint density at radius 3 is 3.00 bits per heavy atom. The maximum atomic E-state index is 10.6. The molecule has 0 aliphatic rings. The average molecular weight is 198 g/mol. The predicted octanol–water partition coefficient (Wildman–Crippen LogP) is 1.79. The fraction of sp³-hybridized carbons (Fsp3) is 0.375. The van der Waals surface area contributed by atoms with Gasteiger partial charge in [-0.2, -0.15) is 0 Å².